The second-order valence-electron chi connectivity index (χ2n) is 8.11. The maximum absolute atomic E-state index is 13.2. The molecule has 3 heterocycles. The Labute approximate surface area is 172 Å². The van der Waals surface area contributed by atoms with Crippen molar-refractivity contribution in [2.24, 2.45) is 0 Å². The molecule has 0 saturated carbocycles. The molecule has 1 aromatic carbocycles. The Morgan fingerprint density at radius 2 is 1.52 bits per heavy atom. The second-order valence-corrected chi connectivity index (χ2v) is 8.11. The van der Waals surface area contributed by atoms with Crippen LogP contribution in [0.1, 0.15) is 34.6 Å². The van der Waals surface area contributed by atoms with E-state index < -0.39 is 0 Å². The van der Waals surface area contributed by atoms with Crippen molar-refractivity contribution >= 4 is 11.8 Å². The highest BCUT2D eigenvalue weighted by Crippen LogP contribution is 2.22. The molecule has 2 amide bonds. The first-order valence-corrected chi connectivity index (χ1v) is 10.6. The second kappa shape index (κ2) is 8.41. The van der Waals surface area contributed by atoms with E-state index in [-0.39, 0.29) is 11.8 Å². The number of piperazine rings is 1. The van der Waals surface area contributed by atoms with Crippen LogP contribution in [-0.2, 0) is 4.79 Å². The van der Waals surface area contributed by atoms with Gasteiger partial charge in [0, 0.05) is 56.3 Å². The lowest BCUT2D eigenvalue weighted by Gasteiger charge is -2.35. The predicted octanol–water partition coefficient (Wildman–Crippen LogP) is 2.47. The molecule has 2 aromatic rings. The summed E-state index contributed by atoms with van der Waals surface area (Å²) in [5, 5.41) is 0. The fourth-order valence-electron chi connectivity index (χ4n) is 4.49. The fraction of sp³-hybridized carbons (Fsp3) is 0.478. The van der Waals surface area contributed by atoms with Gasteiger partial charge >= 0.3 is 0 Å². The van der Waals surface area contributed by atoms with Gasteiger partial charge in [-0.3, -0.25) is 14.5 Å². The quantitative estimate of drug-likeness (QED) is 0.801. The zero-order valence-corrected chi connectivity index (χ0v) is 17.4. The number of benzene rings is 1. The smallest absolute Gasteiger partial charge is 0.255 e. The maximum atomic E-state index is 13.2. The van der Waals surface area contributed by atoms with Crippen LogP contribution in [0.5, 0.6) is 0 Å². The third-order valence-electron chi connectivity index (χ3n) is 6.15. The van der Waals surface area contributed by atoms with Crippen LogP contribution in [0.2, 0.25) is 0 Å². The third kappa shape index (κ3) is 4.08. The molecule has 6 nitrogen and oxygen atoms in total. The standard InChI is InChI=1S/C23H30N4O2/c1-18-16-21(19(2)27(18)20-8-4-3-5-9-20)23(29)26-14-12-24(13-15-26)17-22(28)25-10-6-7-11-25/h3-5,8-9,16H,6-7,10-15,17H2,1-2H3. The maximum Gasteiger partial charge on any atom is 0.255 e. The molecule has 29 heavy (non-hydrogen) atoms. The third-order valence-corrected chi connectivity index (χ3v) is 6.15. The number of hydrogen-bond donors (Lipinski definition) is 0. The van der Waals surface area contributed by atoms with E-state index in [1.807, 2.05) is 47.9 Å². The Kier molecular flexibility index (Phi) is 5.72. The number of rotatable bonds is 4. The Morgan fingerprint density at radius 1 is 0.862 bits per heavy atom. The van der Waals surface area contributed by atoms with Crippen LogP contribution in [0.3, 0.4) is 0 Å². The number of para-hydroxylation sites is 1. The van der Waals surface area contributed by atoms with E-state index in [0.717, 1.165) is 61.7 Å². The van der Waals surface area contributed by atoms with Gasteiger partial charge in [0.2, 0.25) is 5.91 Å². The highest BCUT2D eigenvalue weighted by atomic mass is 16.2. The first-order chi connectivity index (χ1) is 14.0. The largest absolute Gasteiger partial charge is 0.342 e. The monoisotopic (exact) mass is 394 g/mol. The Bertz CT molecular complexity index is 876. The average Bonchev–Trinajstić information content (AvgIpc) is 3.37. The lowest BCUT2D eigenvalue weighted by atomic mass is 10.2. The number of amides is 2. The average molecular weight is 395 g/mol. The van der Waals surface area contributed by atoms with Crippen LogP contribution in [-0.4, -0.2) is 76.9 Å². The number of hydrogen-bond acceptors (Lipinski definition) is 3. The van der Waals surface area contributed by atoms with E-state index >= 15 is 0 Å². The zero-order chi connectivity index (χ0) is 20.4. The van der Waals surface area contributed by atoms with Gasteiger partial charge in [0.15, 0.2) is 0 Å². The molecule has 0 atom stereocenters. The van der Waals surface area contributed by atoms with Gasteiger partial charge < -0.3 is 14.4 Å². The number of carbonyl (C=O) groups excluding carboxylic acids is 2. The van der Waals surface area contributed by atoms with E-state index in [9.17, 15) is 9.59 Å². The molecule has 2 aliphatic heterocycles. The molecule has 0 N–H and O–H groups in total. The normalized spacial score (nSPS) is 17.7. The van der Waals surface area contributed by atoms with Crippen molar-refractivity contribution in [2.75, 3.05) is 45.8 Å². The summed E-state index contributed by atoms with van der Waals surface area (Å²) in [6.45, 7) is 9.16. The predicted molar refractivity (Wildman–Crippen MR) is 113 cm³/mol. The Morgan fingerprint density at radius 3 is 2.17 bits per heavy atom. The summed E-state index contributed by atoms with van der Waals surface area (Å²) in [5.74, 6) is 0.319. The van der Waals surface area contributed by atoms with Gasteiger partial charge in [-0.05, 0) is 44.9 Å². The van der Waals surface area contributed by atoms with Crippen molar-refractivity contribution in [2.45, 2.75) is 26.7 Å². The lowest BCUT2D eigenvalue weighted by Crippen LogP contribution is -2.51. The summed E-state index contributed by atoms with van der Waals surface area (Å²) < 4.78 is 2.14. The van der Waals surface area contributed by atoms with Crippen LogP contribution in [0, 0.1) is 13.8 Å². The summed E-state index contributed by atoms with van der Waals surface area (Å²) in [6, 6.07) is 12.1. The lowest BCUT2D eigenvalue weighted by molar-refractivity contribution is -0.131. The summed E-state index contributed by atoms with van der Waals surface area (Å²) in [6.07, 6.45) is 2.24. The molecular weight excluding hydrogens is 364 g/mol. The summed E-state index contributed by atoms with van der Waals surface area (Å²) in [4.78, 5) is 31.6. The van der Waals surface area contributed by atoms with Gasteiger partial charge in [-0.15, -0.1) is 0 Å². The van der Waals surface area contributed by atoms with Crippen molar-refractivity contribution in [3.63, 3.8) is 0 Å². The van der Waals surface area contributed by atoms with Gasteiger partial charge in [-0.25, -0.2) is 0 Å². The molecule has 2 fully saturated rings. The van der Waals surface area contributed by atoms with Crippen molar-refractivity contribution in [3.05, 3.63) is 53.3 Å². The molecule has 0 aliphatic carbocycles. The molecule has 0 radical (unpaired) electrons. The van der Waals surface area contributed by atoms with E-state index in [1.165, 1.54) is 0 Å². The van der Waals surface area contributed by atoms with Crippen molar-refractivity contribution < 1.29 is 9.59 Å². The van der Waals surface area contributed by atoms with Gasteiger partial charge in [-0.2, -0.15) is 0 Å². The molecule has 6 heteroatoms. The molecule has 2 aliphatic rings. The van der Waals surface area contributed by atoms with Gasteiger partial charge in [-0.1, -0.05) is 18.2 Å². The highest BCUT2D eigenvalue weighted by Gasteiger charge is 2.27. The van der Waals surface area contributed by atoms with Crippen LogP contribution in [0.15, 0.2) is 36.4 Å². The topological polar surface area (TPSA) is 48.8 Å². The minimum Gasteiger partial charge on any atom is -0.342 e. The molecule has 4 rings (SSSR count). The van der Waals surface area contributed by atoms with Gasteiger partial charge in [0.25, 0.3) is 5.91 Å². The van der Waals surface area contributed by atoms with Crippen LogP contribution < -0.4 is 0 Å². The van der Waals surface area contributed by atoms with E-state index in [2.05, 4.69) is 21.6 Å². The number of aromatic nitrogens is 1. The molecular formula is C23H30N4O2. The number of likely N-dealkylation sites (tertiary alicyclic amines) is 1. The van der Waals surface area contributed by atoms with Crippen LogP contribution in [0.25, 0.3) is 5.69 Å². The number of carbonyl (C=O) groups is 2. The van der Waals surface area contributed by atoms with Gasteiger partial charge in [0.05, 0.1) is 12.1 Å². The molecule has 0 unspecified atom stereocenters. The Balaban J connectivity index is 1.39. The first kappa shape index (κ1) is 19.7. The first-order valence-electron chi connectivity index (χ1n) is 10.6. The summed E-state index contributed by atoms with van der Waals surface area (Å²) in [5.41, 5.74) is 3.89. The number of aryl methyl sites for hydroxylation is 1. The fourth-order valence-corrected chi connectivity index (χ4v) is 4.49. The molecule has 0 bridgehead atoms. The van der Waals surface area contributed by atoms with Crippen molar-refractivity contribution in [1.82, 2.24) is 19.3 Å². The molecule has 154 valence electrons. The molecule has 2 saturated heterocycles. The molecule has 1 aromatic heterocycles. The Hall–Kier alpha value is -2.60. The highest BCUT2D eigenvalue weighted by molar-refractivity contribution is 5.96. The SMILES string of the molecule is Cc1cc(C(=O)N2CCN(CC(=O)N3CCCC3)CC2)c(C)n1-c1ccccc1. The van der Waals surface area contributed by atoms with Crippen molar-refractivity contribution in [3.8, 4) is 5.69 Å². The summed E-state index contributed by atoms with van der Waals surface area (Å²) in [7, 11) is 0. The summed E-state index contributed by atoms with van der Waals surface area (Å²) >= 11 is 0. The zero-order valence-electron chi connectivity index (χ0n) is 17.4. The number of nitrogens with zero attached hydrogens (tertiary/aromatic N) is 4. The van der Waals surface area contributed by atoms with E-state index in [0.29, 0.717) is 19.6 Å². The van der Waals surface area contributed by atoms with Gasteiger partial charge in [0.1, 0.15) is 0 Å². The minimum atomic E-state index is 0.0887. The minimum absolute atomic E-state index is 0.0887. The van der Waals surface area contributed by atoms with Crippen molar-refractivity contribution in [1.29, 1.82) is 0 Å². The van der Waals surface area contributed by atoms with E-state index in [4.69, 9.17) is 0 Å². The van der Waals surface area contributed by atoms with E-state index in [1.54, 1.807) is 0 Å². The molecule has 0 spiro atoms. The van der Waals surface area contributed by atoms with Crippen LogP contribution >= 0.6 is 0 Å². The van der Waals surface area contributed by atoms with Crippen LogP contribution in [0.4, 0.5) is 0 Å².